The van der Waals surface area contributed by atoms with Crippen molar-refractivity contribution < 1.29 is 8.83 Å². The number of para-hydroxylation sites is 4. The number of benzene rings is 9. The monoisotopic (exact) mass is 677 g/mol. The number of hydrogen-bond acceptors (Lipinski definition) is 3. The fraction of sp³-hybridized carbons (Fsp3) is 0. The number of anilines is 3. The van der Waals surface area contributed by atoms with Crippen LogP contribution >= 0.6 is 0 Å². The average molecular weight is 678 g/mol. The molecule has 0 saturated carbocycles. The Kier molecular flexibility index (Phi) is 6.55. The molecule has 9 aromatic carbocycles. The van der Waals surface area contributed by atoms with Crippen LogP contribution in [0, 0.1) is 0 Å². The number of hydrogen-bond donors (Lipinski definition) is 0. The molecule has 0 spiro atoms. The Labute approximate surface area is 305 Å². The van der Waals surface area contributed by atoms with E-state index in [2.05, 4.69) is 169 Å². The molecular formula is C50H31NO2. The SMILES string of the molecule is c1cc(-c2ccc3c(c2)oc2ccccc23)cc(N(c2ccccc2-c2cccc3c2oc2ccccc23)c2cc3ccccc3c3ccccc23)c1. The smallest absolute Gasteiger partial charge is 0.143 e. The van der Waals surface area contributed by atoms with Gasteiger partial charge in [0.15, 0.2) is 0 Å². The van der Waals surface area contributed by atoms with Gasteiger partial charge in [0.25, 0.3) is 0 Å². The van der Waals surface area contributed by atoms with Gasteiger partial charge in [-0.2, -0.15) is 0 Å². The first kappa shape index (κ1) is 29.6. The van der Waals surface area contributed by atoms with Gasteiger partial charge >= 0.3 is 0 Å². The predicted molar refractivity (Wildman–Crippen MR) is 222 cm³/mol. The molecule has 0 N–H and O–H groups in total. The molecule has 0 atom stereocenters. The van der Waals surface area contributed by atoms with Gasteiger partial charge in [-0.3, -0.25) is 0 Å². The lowest BCUT2D eigenvalue weighted by Crippen LogP contribution is -2.12. The van der Waals surface area contributed by atoms with Crippen molar-refractivity contribution in [2.75, 3.05) is 4.90 Å². The third-order valence-corrected chi connectivity index (χ3v) is 10.6. The highest BCUT2D eigenvalue weighted by molar-refractivity contribution is 6.16. The maximum atomic E-state index is 6.62. The molecule has 2 heterocycles. The summed E-state index contributed by atoms with van der Waals surface area (Å²) in [6, 6.07) is 66.9. The summed E-state index contributed by atoms with van der Waals surface area (Å²) in [5, 5.41) is 9.30. The van der Waals surface area contributed by atoms with Gasteiger partial charge < -0.3 is 13.7 Å². The van der Waals surface area contributed by atoms with Gasteiger partial charge in [-0.25, -0.2) is 0 Å². The molecule has 0 radical (unpaired) electrons. The second kappa shape index (κ2) is 11.7. The van der Waals surface area contributed by atoms with Crippen LogP contribution in [0.5, 0.6) is 0 Å². The van der Waals surface area contributed by atoms with Gasteiger partial charge in [0.05, 0.1) is 11.4 Å². The molecule has 53 heavy (non-hydrogen) atoms. The zero-order valence-corrected chi connectivity index (χ0v) is 28.7. The molecule has 0 aliphatic heterocycles. The van der Waals surface area contributed by atoms with E-state index in [0.29, 0.717) is 0 Å². The number of rotatable bonds is 5. The fourth-order valence-corrected chi connectivity index (χ4v) is 8.21. The molecule has 3 heteroatoms. The number of furan rings is 2. The summed E-state index contributed by atoms with van der Waals surface area (Å²) in [7, 11) is 0. The first-order chi connectivity index (χ1) is 26.3. The van der Waals surface area contributed by atoms with Gasteiger partial charge in [0.1, 0.15) is 22.3 Å². The lowest BCUT2D eigenvalue weighted by Gasteiger charge is -2.30. The van der Waals surface area contributed by atoms with Gasteiger partial charge in [0.2, 0.25) is 0 Å². The Morgan fingerprint density at radius 3 is 1.79 bits per heavy atom. The second-order valence-corrected chi connectivity index (χ2v) is 13.7. The number of nitrogens with zero attached hydrogens (tertiary/aromatic N) is 1. The second-order valence-electron chi connectivity index (χ2n) is 13.7. The zero-order chi connectivity index (χ0) is 34.9. The molecule has 0 fully saturated rings. The highest BCUT2D eigenvalue weighted by atomic mass is 16.3. The van der Waals surface area contributed by atoms with E-state index in [1.807, 2.05) is 24.3 Å². The molecule has 0 bridgehead atoms. The van der Waals surface area contributed by atoms with E-state index in [0.717, 1.165) is 83.2 Å². The molecule has 11 aromatic rings. The standard InChI is InChI=1S/C50H31NO2/c1-2-16-36-34(13-1)30-46(38-18-4-3-17-37(36)38)51(35-15-11-14-32(29-35)33-27-28-42-40-20-6-9-25-47(40)52-49(42)31-33)45-24-8-5-19-39(45)43-22-12-23-44-41-21-7-10-26-48(41)53-50(43)44/h1-31H. The van der Waals surface area contributed by atoms with Crippen molar-refractivity contribution in [2.45, 2.75) is 0 Å². The van der Waals surface area contributed by atoms with Crippen LogP contribution < -0.4 is 4.90 Å². The fourth-order valence-electron chi connectivity index (χ4n) is 8.21. The highest BCUT2D eigenvalue weighted by Gasteiger charge is 2.23. The normalized spacial score (nSPS) is 11.8. The third kappa shape index (κ3) is 4.68. The van der Waals surface area contributed by atoms with E-state index < -0.39 is 0 Å². The van der Waals surface area contributed by atoms with Crippen LogP contribution in [-0.4, -0.2) is 0 Å². The van der Waals surface area contributed by atoms with Crippen molar-refractivity contribution in [3.8, 4) is 22.3 Å². The number of fused-ring (bicyclic) bond motifs is 9. The minimum atomic E-state index is 0.885. The summed E-state index contributed by atoms with van der Waals surface area (Å²) in [6.45, 7) is 0. The van der Waals surface area contributed by atoms with Gasteiger partial charge in [-0.1, -0.05) is 140 Å². The summed E-state index contributed by atoms with van der Waals surface area (Å²) < 4.78 is 12.9. The van der Waals surface area contributed by atoms with E-state index in [4.69, 9.17) is 8.83 Å². The Balaban J connectivity index is 1.17. The largest absolute Gasteiger partial charge is 0.456 e. The molecule has 0 amide bonds. The van der Waals surface area contributed by atoms with Crippen LogP contribution in [0.3, 0.4) is 0 Å². The molecule has 0 aliphatic carbocycles. The minimum Gasteiger partial charge on any atom is -0.456 e. The van der Waals surface area contributed by atoms with Gasteiger partial charge in [-0.15, -0.1) is 0 Å². The first-order valence-corrected chi connectivity index (χ1v) is 18.0. The maximum absolute atomic E-state index is 6.62. The Morgan fingerprint density at radius 1 is 0.321 bits per heavy atom. The molecular weight excluding hydrogens is 647 g/mol. The van der Waals surface area contributed by atoms with Crippen LogP contribution in [-0.2, 0) is 0 Å². The summed E-state index contributed by atoms with van der Waals surface area (Å²) >= 11 is 0. The van der Waals surface area contributed by atoms with E-state index in [9.17, 15) is 0 Å². The van der Waals surface area contributed by atoms with E-state index in [1.165, 1.54) is 21.5 Å². The summed E-state index contributed by atoms with van der Waals surface area (Å²) in [4.78, 5) is 2.43. The van der Waals surface area contributed by atoms with Crippen LogP contribution in [0.4, 0.5) is 17.1 Å². The minimum absolute atomic E-state index is 0.885. The van der Waals surface area contributed by atoms with Gasteiger partial charge in [-0.05, 0) is 75.8 Å². The van der Waals surface area contributed by atoms with Crippen molar-refractivity contribution in [2.24, 2.45) is 0 Å². The molecule has 0 saturated heterocycles. The van der Waals surface area contributed by atoms with Crippen molar-refractivity contribution >= 4 is 82.5 Å². The summed E-state index contributed by atoms with van der Waals surface area (Å²) in [6.07, 6.45) is 0. The van der Waals surface area contributed by atoms with E-state index in [1.54, 1.807) is 0 Å². The summed E-state index contributed by atoms with van der Waals surface area (Å²) in [5.41, 5.74) is 11.1. The van der Waals surface area contributed by atoms with Crippen molar-refractivity contribution in [1.82, 2.24) is 0 Å². The van der Waals surface area contributed by atoms with Crippen LogP contribution in [0.15, 0.2) is 197 Å². The van der Waals surface area contributed by atoms with Crippen molar-refractivity contribution in [3.63, 3.8) is 0 Å². The van der Waals surface area contributed by atoms with Crippen molar-refractivity contribution in [3.05, 3.63) is 188 Å². The lowest BCUT2D eigenvalue weighted by molar-refractivity contribution is 0.669. The Morgan fingerprint density at radius 2 is 0.925 bits per heavy atom. The zero-order valence-electron chi connectivity index (χ0n) is 28.7. The molecule has 11 rings (SSSR count). The van der Waals surface area contributed by atoms with Gasteiger partial charge in [0, 0.05) is 43.7 Å². The van der Waals surface area contributed by atoms with Crippen LogP contribution in [0.1, 0.15) is 0 Å². The summed E-state index contributed by atoms with van der Waals surface area (Å²) in [5.74, 6) is 0. The van der Waals surface area contributed by atoms with Crippen molar-refractivity contribution in [1.29, 1.82) is 0 Å². The molecule has 248 valence electrons. The molecule has 0 aliphatic rings. The lowest BCUT2D eigenvalue weighted by atomic mass is 9.96. The van der Waals surface area contributed by atoms with E-state index >= 15 is 0 Å². The van der Waals surface area contributed by atoms with Crippen LogP contribution in [0.25, 0.3) is 87.7 Å². The quantitative estimate of drug-likeness (QED) is 0.170. The highest BCUT2D eigenvalue weighted by Crippen LogP contribution is 2.47. The van der Waals surface area contributed by atoms with E-state index in [-0.39, 0.29) is 0 Å². The molecule has 0 unspecified atom stereocenters. The average Bonchev–Trinajstić information content (AvgIpc) is 3.80. The third-order valence-electron chi connectivity index (χ3n) is 10.6. The Bertz CT molecular complexity index is 3200. The predicted octanol–water partition coefficient (Wildman–Crippen LogP) is 14.6. The Hall–Kier alpha value is -7.10. The molecule has 3 nitrogen and oxygen atoms in total. The molecule has 2 aromatic heterocycles. The maximum Gasteiger partial charge on any atom is 0.143 e. The topological polar surface area (TPSA) is 29.5 Å². The first-order valence-electron chi connectivity index (χ1n) is 18.0. The van der Waals surface area contributed by atoms with Crippen LogP contribution in [0.2, 0.25) is 0 Å².